The predicted molar refractivity (Wildman–Crippen MR) is 75.0 cm³/mol. The minimum Gasteiger partial charge on any atom is -0.489 e. The van der Waals surface area contributed by atoms with E-state index in [2.05, 4.69) is 4.98 Å². The molecule has 0 aliphatic rings. The first kappa shape index (κ1) is 15.4. The van der Waals surface area contributed by atoms with Gasteiger partial charge in [-0.15, -0.1) is 0 Å². The van der Waals surface area contributed by atoms with Crippen LogP contribution in [0.1, 0.15) is 31.1 Å². The lowest BCUT2D eigenvalue weighted by molar-refractivity contribution is 0.175. The fourth-order valence-electron chi connectivity index (χ4n) is 1.99. The Kier molecular flexibility index (Phi) is 4.85. The van der Waals surface area contributed by atoms with E-state index in [1.807, 2.05) is 13.8 Å². The fourth-order valence-corrected chi connectivity index (χ4v) is 1.99. The van der Waals surface area contributed by atoms with Crippen molar-refractivity contribution in [2.45, 2.75) is 32.5 Å². The molecule has 0 bridgehead atoms. The van der Waals surface area contributed by atoms with Crippen LogP contribution in [0.5, 0.6) is 5.75 Å². The van der Waals surface area contributed by atoms with Crippen LogP contribution < -0.4 is 4.74 Å². The molecule has 1 aromatic heterocycles. The van der Waals surface area contributed by atoms with Crippen molar-refractivity contribution in [1.82, 2.24) is 4.98 Å². The first-order valence-electron chi connectivity index (χ1n) is 6.70. The number of pyridine rings is 1. The Balaban J connectivity index is 2.16. The van der Waals surface area contributed by atoms with Gasteiger partial charge in [-0.25, -0.2) is 8.78 Å². The molecule has 2 aromatic rings. The molecule has 3 nitrogen and oxygen atoms in total. The van der Waals surface area contributed by atoms with Crippen molar-refractivity contribution in [3.8, 4) is 5.75 Å². The van der Waals surface area contributed by atoms with Gasteiger partial charge in [-0.2, -0.15) is 0 Å². The molecule has 0 amide bonds. The third kappa shape index (κ3) is 3.98. The lowest BCUT2D eigenvalue weighted by Gasteiger charge is -2.14. The van der Waals surface area contributed by atoms with Crippen LogP contribution in [0.3, 0.4) is 0 Å². The number of aromatic nitrogens is 1. The van der Waals surface area contributed by atoms with Gasteiger partial charge in [0.2, 0.25) is 0 Å². The lowest BCUT2D eigenvalue weighted by Crippen LogP contribution is -2.08. The molecule has 0 saturated carbocycles. The van der Waals surface area contributed by atoms with E-state index < -0.39 is 17.7 Å². The zero-order chi connectivity index (χ0) is 15.4. The summed E-state index contributed by atoms with van der Waals surface area (Å²) in [5.74, 6) is -1.32. The highest BCUT2D eigenvalue weighted by atomic mass is 19.2. The highest BCUT2D eigenvalue weighted by Gasteiger charge is 2.15. The molecule has 1 aromatic carbocycles. The Bertz CT molecular complexity index is 617. The van der Waals surface area contributed by atoms with Gasteiger partial charge in [0.05, 0.1) is 18.4 Å². The first-order valence-corrected chi connectivity index (χ1v) is 6.70. The molecule has 112 valence electrons. The number of aliphatic hydroxyl groups is 1. The predicted octanol–water partition coefficient (Wildman–Crippen LogP) is 3.42. The molecule has 5 heteroatoms. The van der Waals surface area contributed by atoms with Gasteiger partial charge in [0.1, 0.15) is 5.75 Å². The van der Waals surface area contributed by atoms with E-state index in [0.29, 0.717) is 11.3 Å². The minimum absolute atomic E-state index is 0.0140. The van der Waals surface area contributed by atoms with Gasteiger partial charge in [-0.3, -0.25) is 4.98 Å². The summed E-state index contributed by atoms with van der Waals surface area (Å²) in [6.07, 6.45) is 1.99. The Hall–Kier alpha value is -2.01. The Labute approximate surface area is 122 Å². The van der Waals surface area contributed by atoms with E-state index in [1.54, 1.807) is 12.3 Å². The van der Waals surface area contributed by atoms with Crippen molar-refractivity contribution in [1.29, 1.82) is 0 Å². The van der Waals surface area contributed by atoms with Crippen LogP contribution in [0.25, 0.3) is 0 Å². The second-order valence-electron chi connectivity index (χ2n) is 5.05. The summed E-state index contributed by atoms with van der Waals surface area (Å²) >= 11 is 0. The number of benzene rings is 1. The summed E-state index contributed by atoms with van der Waals surface area (Å²) in [6.45, 7) is 3.76. The van der Waals surface area contributed by atoms with E-state index in [1.165, 1.54) is 18.3 Å². The summed E-state index contributed by atoms with van der Waals surface area (Å²) < 4.78 is 32.2. The molecule has 0 radical (unpaired) electrons. The molecule has 0 aliphatic heterocycles. The average molecular weight is 293 g/mol. The molecule has 21 heavy (non-hydrogen) atoms. The van der Waals surface area contributed by atoms with Crippen LogP contribution >= 0.6 is 0 Å². The van der Waals surface area contributed by atoms with Crippen LogP contribution in [-0.4, -0.2) is 16.2 Å². The summed E-state index contributed by atoms with van der Waals surface area (Å²) in [6, 6.07) is 5.55. The van der Waals surface area contributed by atoms with E-state index in [-0.39, 0.29) is 18.1 Å². The van der Waals surface area contributed by atoms with Crippen molar-refractivity contribution in [3.05, 3.63) is 59.4 Å². The molecular formula is C16H17F2NO2. The molecule has 1 N–H and O–H groups in total. The number of aliphatic hydroxyl groups excluding tert-OH is 1. The largest absolute Gasteiger partial charge is 0.489 e. The number of hydrogen-bond acceptors (Lipinski definition) is 3. The third-order valence-corrected chi connectivity index (χ3v) is 2.94. The average Bonchev–Trinajstić information content (AvgIpc) is 2.43. The Morgan fingerprint density at radius 3 is 2.71 bits per heavy atom. The molecule has 2 rings (SSSR count). The second-order valence-corrected chi connectivity index (χ2v) is 5.05. The van der Waals surface area contributed by atoms with Gasteiger partial charge in [-0.1, -0.05) is 12.1 Å². The molecule has 1 heterocycles. The molecule has 0 saturated heterocycles. The summed E-state index contributed by atoms with van der Waals surface area (Å²) in [4.78, 5) is 3.99. The van der Waals surface area contributed by atoms with Gasteiger partial charge in [-0.05, 0) is 31.5 Å². The fraction of sp³-hybridized carbons (Fsp3) is 0.312. The van der Waals surface area contributed by atoms with Crippen molar-refractivity contribution in [2.24, 2.45) is 0 Å². The smallest absolute Gasteiger partial charge is 0.162 e. The van der Waals surface area contributed by atoms with Gasteiger partial charge < -0.3 is 9.84 Å². The van der Waals surface area contributed by atoms with Gasteiger partial charge in [0.25, 0.3) is 0 Å². The number of hydrogen-bond donors (Lipinski definition) is 1. The van der Waals surface area contributed by atoms with Crippen LogP contribution in [0.15, 0.2) is 36.7 Å². The monoisotopic (exact) mass is 293 g/mol. The summed E-state index contributed by atoms with van der Waals surface area (Å²) in [5, 5.41) is 10.2. The third-order valence-electron chi connectivity index (χ3n) is 2.94. The molecule has 1 unspecified atom stereocenters. The minimum atomic E-state index is -0.982. The van der Waals surface area contributed by atoms with Crippen molar-refractivity contribution in [2.75, 3.05) is 0 Å². The quantitative estimate of drug-likeness (QED) is 0.918. The van der Waals surface area contributed by atoms with E-state index >= 15 is 0 Å². The maximum absolute atomic E-state index is 13.6. The first-order chi connectivity index (χ1) is 9.97. The lowest BCUT2D eigenvalue weighted by atomic mass is 10.0. The molecule has 0 aliphatic carbocycles. The maximum atomic E-state index is 13.6. The Morgan fingerprint density at radius 2 is 2.00 bits per heavy atom. The number of ether oxygens (including phenoxy) is 1. The number of halogens is 2. The molecule has 1 atom stereocenters. The highest BCUT2D eigenvalue weighted by molar-refractivity contribution is 5.28. The summed E-state index contributed by atoms with van der Waals surface area (Å²) in [5.41, 5.74) is 0.620. The van der Waals surface area contributed by atoms with Gasteiger partial charge >= 0.3 is 0 Å². The van der Waals surface area contributed by atoms with E-state index in [9.17, 15) is 13.9 Å². The van der Waals surface area contributed by atoms with Crippen LogP contribution in [0.2, 0.25) is 0 Å². The van der Waals surface area contributed by atoms with Crippen molar-refractivity contribution in [3.63, 3.8) is 0 Å². The molecular weight excluding hydrogens is 276 g/mol. The SMILES string of the molecule is CC(C)Oc1cncc(C(O)Cc2cccc(F)c2F)c1. The number of nitrogens with zero attached hydrogens (tertiary/aromatic N) is 1. The normalized spacial score (nSPS) is 12.5. The second kappa shape index (κ2) is 6.63. The van der Waals surface area contributed by atoms with Gasteiger partial charge in [0.15, 0.2) is 11.6 Å². The molecule has 0 spiro atoms. The highest BCUT2D eigenvalue weighted by Crippen LogP contribution is 2.23. The zero-order valence-corrected chi connectivity index (χ0v) is 11.9. The summed E-state index contributed by atoms with van der Waals surface area (Å²) in [7, 11) is 0. The van der Waals surface area contributed by atoms with Crippen molar-refractivity contribution < 1.29 is 18.6 Å². The van der Waals surface area contributed by atoms with Crippen LogP contribution in [-0.2, 0) is 6.42 Å². The molecule has 0 fully saturated rings. The van der Waals surface area contributed by atoms with Crippen molar-refractivity contribution >= 4 is 0 Å². The van der Waals surface area contributed by atoms with E-state index in [0.717, 1.165) is 6.07 Å². The number of rotatable bonds is 5. The van der Waals surface area contributed by atoms with Crippen LogP contribution in [0.4, 0.5) is 8.78 Å². The standard InChI is InChI=1S/C16H17F2NO2/c1-10(2)21-13-6-12(8-19-9-13)15(20)7-11-4-3-5-14(17)16(11)18/h3-6,8-10,15,20H,7H2,1-2H3. The Morgan fingerprint density at radius 1 is 1.24 bits per heavy atom. The maximum Gasteiger partial charge on any atom is 0.162 e. The van der Waals surface area contributed by atoms with E-state index in [4.69, 9.17) is 4.74 Å². The van der Waals surface area contributed by atoms with Gasteiger partial charge in [0, 0.05) is 18.2 Å². The van der Waals surface area contributed by atoms with Crippen LogP contribution in [0, 0.1) is 11.6 Å². The topological polar surface area (TPSA) is 42.4 Å². The zero-order valence-electron chi connectivity index (χ0n) is 11.9.